The van der Waals surface area contributed by atoms with Gasteiger partial charge in [-0.25, -0.2) is 0 Å². The van der Waals surface area contributed by atoms with Gasteiger partial charge >= 0.3 is 0 Å². The zero-order valence-corrected chi connectivity index (χ0v) is 13.0. The fourth-order valence-electron chi connectivity index (χ4n) is 2.21. The number of nitrogens with one attached hydrogen (secondary N) is 1. The normalized spacial score (nSPS) is 10.4. The second kappa shape index (κ2) is 8.59. The zero-order chi connectivity index (χ0) is 15.0. The number of rotatable bonds is 8. The van der Waals surface area contributed by atoms with E-state index < -0.39 is 0 Å². The minimum Gasteiger partial charge on any atom is -0.496 e. The summed E-state index contributed by atoms with van der Waals surface area (Å²) in [6, 6.07) is 6.14. The minimum absolute atomic E-state index is 0.216. The Morgan fingerprint density at radius 1 is 1.30 bits per heavy atom. The second-order valence-corrected chi connectivity index (χ2v) is 4.80. The second-order valence-electron chi connectivity index (χ2n) is 4.80. The molecule has 0 aliphatic rings. The third kappa shape index (κ3) is 4.85. The average Bonchev–Trinajstić information content (AvgIpc) is 2.45. The number of carbonyl (C=O) groups is 1. The van der Waals surface area contributed by atoms with Crippen molar-refractivity contribution in [3.05, 3.63) is 29.3 Å². The number of benzene rings is 1. The summed E-state index contributed by atoms with van der Waals surface area (Å²) in [5.74, 6) is 1.12. The van der Waals surface area contributed by atoms with Crippen molar-refractivity contribution in [1.82, 2.24) is 10.2 Å². The highest BCUT2D eigenvalue weighted by atomic mass is 16.5. The fourth-order valence-corrected chi connectivity index (χ4v) is 2.21. The van der Waals surface area contributed by atoms with Crippen molar-refractivity contribution in [2.24, 2.45) is 0 Å². The van der Waals surface area contributed by atoms with E-state index >= 15 is 0 Å². The van der Waals surface area contributed by atoms with E-state index in [1.165, 1.54) is 5.56 Å². The molecule has 0 unspecified atom stereocenters. The van der Waals surface area contributed by atoms with E-state index in [1.807, 2.05) is 37.8 Å². The molecule has 0 spiro atoms. The highest BCUT2D eigenvalue weighted by Gasteiger charge is 2.08. The Morgan fingerprint density at radius 2 is 2.00 bits per heavy atom. The first-order chi connectivity index (χ1) is 9.62. The molecule has 1 aromatic carbocycles. The molecule has 0 fully saturated rings. The summed E-state index contributed by atoms with van der Waals surface area (Å²) in [5.41, 5.74) is 2.34. The molecule has 1 rings (SSSR count). The highest BCUT2D eigenvalue weighted by Crippen LogP contribution is 2.18. The molecule has 0 radical (unpaired) electrons. The van der Waals surface area contributed by atoms with Crippen molar-refractivity contribution in [3.8, 4) is 5.75 Å². The monoisotopic (exact) mass is 278 g/mol. The maximum absolute atomic E-state index is 11.8. The number of nitrogens with zero attached hydrogens (tertiary/aromatic N) is 1. The smallest absolute Gasteiger partial charge is 0.223 e. The Hall–Kier alpha value is -1.55. The van der Waals surface area contributed by atoms with E-state index in [1.54, 1.807) is 7.11 Å². The van der Waals surface area contributed by atoms with E-state index in [-0.39, 0.29) is 5.91 Å². The Bertz CT molecular complexity index is 428. The number of ether oxygens (including phenoxy) is 1. The molecule has 20 heavy (non-hydrogen) atoms. The van der Waals surface area contributed by atoms with Gasteiger partial charge in [-0.3, -0.25) is 4.79 Å². The van der Waals surface area contributed by atoms with Gasteiger partial charge in [0.2, 0.25) is 5.91 Å². The number of methoxy groups -OCH3 is 1. The van der Waals surface area contributed by atoms with Gasteiger partial charge in [-0.05, 0) is 38.0 Å². The van der Waals surface area contributed by atoms with Gasteiger partial charge in [0.1, 0.15) is 5.75 Å². The number of aryl methyl sites for hydroxylation is 1. The minimum atomic E-state index is 0.216. The Morgan fingerprint density at radius 3 is 2.55 bits per heavy atom. The molecule has 4 nitrogen and oxygen atoms in total. The molecule has 112 valence electrons. The van der Waals surface area contributed by atoms with Crippen LogP contribution in [0.1, 0.15) is 31.4 Å². The van der Waals surface area contributed by atoms with Crippen LogP contribution in [-0.2, 0) is 11.3 Å². The van der Waals surface area contributed by atoms with Crippen molar-refractivity contribution in [2.75, 3.05) is 26.7 Å². The third-order valence-electron chi connectivity index (χ3n) is 3.42. The van der Waals surface area contributed by atoms with Crippen molar-refractivity contribution in [1.29, 1.82) is 0 Å². The van der Waals surface area contributed by atoms with Crippen LogP contribution in [0.2, 0.25) is 0 Å². The van der Waals surface area contributed by atoms with E-state index in [4.69, 9.17) is 4.74 Å². The summed E-state index contributed by atoms with van der Waals surface area (Å²) in [6.45, 7) is 9.10. The average molecular weight is 278 g/mol. The summed E-state index contributed by atoms with van der Waals surface area (Å²) < 4.78 is 5.24. The largest absolute Gasteiger partial charge is 0.496 e. The lowest BCUT2D eigenvalue weighted by Gasteiger charge is -2.18. The van der Waals surface area contributed by atoms with Gasteiger partial charge in [0.05, 0.1) is 7.11 Å². The lowest BCUT2D eigenvalue weighted by Crippen LogP contribution is -2.32. The maximum Gasteiger partial charge on any atom is 0.223 e. The molecule has 0 bridgehead atoms. The molecular formula is C16H26N2O2. The summed E-state index contributed by atoms with van der Waals surface area (Å²) in [7, 11) is 1.68. The molecule has 0 heterocycles. The Kier molecular flexibility index (Phi) is 7.09. The first kappa shape index (κ1) is 16.5. The van der Waals surface area contributed by atoms with Gasteiger partial charge < -0.3 is 15.0 Å². The van der Waals surface area contributed by atoms with Crippen molar-refractivity contribution in [3.63, 3.8) is 0 Å². The quantitative estimate of drug-likeness (QED) is 0.742. The first-order valence-corrected chi connectivity index (χ1v) is 7.24. The van der Waals surface area contributed by atoms with Crippen molar-refractivity contribution >= 4 is 5.91 Å². The molecule has 1 amide bonds. The van der Waals surface area contributed by atoms with E-state index in [0.29, 0.717) is 13.0 Å². The summed E-state index contributed by atoms with van der Waals surface area (Å²) in [4.78, 5) is 13.7. The van der Waals surface area contributed by atoms with E-state index in [9.17, 15) is 4.79 Å². The highest BCUT2D eigenvalue weighted by molar-refractivity contribution is 5.76. The van der Waals surface area contributed by atoms with Crippen LogP contribution < -0.4 is 10.1 Å². The molecule has 0 saturated carbocycles. The first-order valence-electron chi connectivity index (χ1n) is 7.24. The van der Waals surface area contributed by atoms with Crippen LogP contribution >= 0.6 is 0 Å². The number of carbonyl (C=O) groups excluding carboxylic acids is 1. The van der Waals surface area contributed by atoms with Gasteiger partial charge in [0, 0.05) is 32.6 Å². The molecule has 0 aliphatic carbocycles. The Balaban J connectivity index is 2.34. The SMILES string of the molecule is CCN(CC)C(=O)CCNCc1ccc(OC)c(C)c1. The summed E-state index contributed by atoms with van der Waals surface area (Å²) in [6.07, 6.45) is 0.552. The topological polar surface area (TPSA) is 41.6 Å². The Labute approximate surface area is 122 Å². The number of hydrogen-bond acceptors (Lipinski definition) is 3. The van der Waals surface area contributed by atoms with Crippen LogP contribution in [0, 0.1) is 6.92 Å². The molecule has 0 saturated heterocycles. The number of amides is 1. The van der Waals surface area contributed by atoms with Crippen LogP contribution in [0.15, 0.2) is 18.2 Å². The van der Waals surface area contributed by atoms with Gasteiger partial charge in [-0.15, -0.1) is 0 Å². The molecule has 4 heteroatoms. The molecular weight excluding hydrogens is 252 g/mol. The molecule has 1 N–H and O–H groups in total. The predicted octanol–water partition coefficient (Wildman–Crippen LogP) is 2.35. The standard InChI is InChI=1S/C16H26N2O2/c1-5-18(6-2)16(19)9-10-17-12-14-7-8-15(20-4)13(3)11-14/h7-8,11,17H,5-6,9-10,12H2,1-4H3. The lowest BCUT2D eigenvalue weighted by molar-refractivity contribution is -0.130. The van der Waals surface area contributed by atoms with E-state index in [2.05, 4.69) is 11.4 Å². The van der Waals surface area contributed by atoms with Crippen LogP contribution in [0.25, 0.3) is 0 Å². The molecule has 0 aromatic heterocycles. The lowest BCUT2D eigenvalue weighted by atomic mass is 10.1. The van der Waals surface area contributed by atoms with Crippen LogP contribution in [0.3, 0.4) is 0 Å². The van der Waals surface area contributed by atoms with Crippen molar-refractivity contribution < 1.29 is 9.53 Å². The van der Waals surface area contributed by atoms with Crippen LogP contribution in [0.5, 0.6) is 5.75 Å². The van der Waals surface area contributed by atoms with Crippen molar-refractivity contribution in [2.45, 2.75) is 33.7 Å². The van der Waals surface area contributed by atoms with Gasteiger partial charge in [0.15, 0.2) is 0 Å². The van der Waals surface area contributed by atoms with Gasteiger partial charge in [0.25, 0.3) is 0 Å². The van der Waals surface area contributed by atoms with Gasteiger partial charge in [-0.1, -0.05) is 12.1 Å². The predicted molar refractivity (Wildman–Crippen MR) is 82.0 cm³/mol. The van der Waals surface area contributed by atoms with Crippen LogP contribution in [-0.4, -0.2) is 37.6 Å². The zero-order valence-electron chi connectivity index (χ0n) is 13.0. The maximum atomic E-state index is 11.8. The molecule has 0 aliphatic heterocycles. The number of hydrogen-bond donors (Lipinski definition) is 1. The van der Waals surface area contributed by atoms with E-state index in [0.717, 1.165) is 30.9 Å². The van der Waals surface area contributed by atoms with Crippen LogP contribution in [0.4, 0.5) is 0 Å². The summed E-state index contributed by atoms with van der Waals surface area (Å²) >= 11 is 0. The van der Waals surface area contributed by atoms with Gasteiger partial charge in [-0.2, -0.15) is 0 Å². The fraction of sp³-hybridized carbons (Fsp3) is 0.562. The summed E-state index contributed by atoms with van der Waals surface area (Å²) in [5, 5.41) is 3.31. The molecule has 0 atom stereocenters. The molecule has 1 aromatic rings. The third-order valence-corrected chi connectivity index (χ3v) is 3.42.